The highest BCUT2D eigenvalue weighted by Crippen LogP contribution is 2.15. The Morgan fingerprint density at radius 3 is 2.55 bits per heavy atom. The Labute approximate surface area is 65.5 Å². The van der Waals surface area contributed by atoms with E-state index in [0.29, 0.717) is 11.1 Å². The summed E-state index contributed by atoms with van der Waals surface area (Å²) in [6.45, 7) is 3.33. The highest BCUT2D eigenvalue weighted by Gasteiger charge is 2.05. The number of aliphatic hydroxyl groups is 1. The number of rotatable bonds is 1. The second kappa shape index (κ2) is 3.01. The lowest BCUT2D eigenvalue weighted by atomic mass is 10.1. The van der Waals surface area contributed by atoms with Gasteiger partial charge in [0.1, 0.15) is 5.82 Å². The molecule has 0 aromatic heterocycles. The molecule has 1 aromatic carbocycles. The molecule has 11 heavy (non-hydrogen) atoms. The van der Waals surface area contributed by atoms with Crippen molar-refractivity contribution in [3.63, 3.8) is 0 Å². The summed E-state index contributed by atoms with van der Waals surface area (Å²) in [4.78, 5) is 0. The van der Waals surface area contributed by atoms with Crippen LogP contribution in [0.1, 0.15) is 16.7 Å². The van der Waals surface area contributed by atoms with Crippen LogP contribution in [-0.4, -0.2) is 5.11 Å². The molecule has 0 saturated heterocycles. The van der Waals surface area contributed by atoms with Gasteiger partial charge in [0.05, 0.1) is 6.61 Å². The van der Waals surface area contributed by atoms with Crippen molar-refractivity contribution in [1.29, 1.82) is 0 Å². The summed E-state index contributed by atoms with van der Waals surface area (Å²) in [5.41, 5.74) is 1.91. The summed E-state index contributed by atoms with van der Waals surface area (Å²) < 4.78 is 13.1. The zero-order chi connectivity index (χ0) is 8.43. The van der Waals surface area contributed by atoms with E-state index >= 15 is 0 Å². The molecule has 1 nitrogen and oxygen atoms in total. The number of hydrogen-bond donors (Lipinski definition) is 1. The van der Waals surface area contributed by atoms with Gasteiger partial charge >= 0.3 is 0 Å². The van der Waals surface area contributed by atoms with Gasteiger partial charge in [-0.3, -0.25) is 0 Å². The van der Waals surface area contributed by atoms with Crippen molar-refractivity contribution in [2.45, 2.75) is 20.5 Å². The molecule has 0 heterocycles. The number of aliphatic hydroxyl groups excluding tert-OH is 1. The first-order valence-electron chi connectivity index (χ1n) is 3.52. The number of aryl methyl sites for hydroxylation is 1. The molecule has 0 aliphatic carbocycles. The van der Waals surface area contributed by atoms with Crippen molar-refractivity contribution in [2.75, 3.05) is 0 Å². The van der Waals surface area contributed by atoms with Gasteiger partial charge < -0.3 is 5.11 Å². The van der Waals surface area contributed by atoms with E-state index in [1.807, 2.05) is 13.0 Å². The molecule has 0 atom stereocenters. The predicted octanol–water partition coefficient (Wildman–Crippen LogP) is 1.93. The average molecular weight is 154 g/mol. The van der Waals surface area contributed by atoms with Gasteiger partial charge in [0.25, 0.3) is 0 Å². The van der Waals surface area contributed by atoms with Crippen molar-refractivity contribution >= 4 is 0 Å². The van der Waals surface area contributed by atoms with E-state index in [2.05, 4.69) is 0 Å². The topological polar surface area (TPSA) is 20.2 Å². The SMILES string of the molecule is Cc1ccc(CO)c(F)c1C. The highest BCUT2D eigenvalue weighted by molar-refractivity contribution is 5.31. The molecule has 0 amide bonds. The van der Waals surface area contributed by atoms with Gasteiger partial charge in [-0.2, -0.15) is 0 Å². The molecule has 1 aromatic rings. The van der Waals surface area contributed by atoms with E-state index in [-0.39, 0.29) is 12.4 Å². The quantitative estimate of drug-likeness (QED) is 0.655. The summed E-state index contributed by atoms with van der Waals surface area (Å²) in [5, 5.41) is 8.69. The first-order valence-corrected chi connectivity index (χ1v) is 3.52. The standard InChI is InChI=1S/C9H11FO/c1-6-3-4-8(5-11)9(10)7(6)2/h3-4,11H,5H2,1-2H3. The molecule has 1 N–H and O–H groups in total. The van der Waals surface area contributed by atoms with Crippen LogP contribution in [0, 0.1) is 19.7 Å². The normalized spacial score (nSPS) is 10.2. The first kappa shape index (κ1) is 8.21. The summed E-state index contributed by atoms with van der Waals surface area (Å²) in [6, 6.07) is 3.42. The molecule has 0 fully saturated rings. The van der Waals surface area contributed by atoms with E-state index in [9.17, 15) is 4.39 Å². The van der Waals surface area contributed by atoms with Crippen LogP contribution in [0.25, 0.3) is 0 Å². The molecule has 0 aliphatic rings. The minimum absolute atomic E-state index is 0.229. The summed E-state index contributed by atoms with van der Waals surface area (Å²) >= 11 is 0. The lowest BCUT2D eigenvalue weighted by Crippen LogP contribution is -1.94. The molecule has 60 valence electrons. The lowest BCUT2D eigenvalue weighted by molar-refractivity contribution is 0.275. The Morgan fingerprint density at radius 1 is 1.36 bits per heavy atom. The number of halogens is 1. The summed E-state index contributed by atoms with van der Waals surface area (Å²) in [6.07, 6.45) is 0. The van der Waals surface area contributed by atoms with Crippen LogP contribution in [0.4, 0.5) is 4.39 Å². The highest BCUT2D eigenvalue weighted by atomic mass is 19.1. The van der Waals surface area contributed by atoms with Gasteiger partial charge in [-0.15, -0.1) is 0 Å². The van der Waals surface area contributed by atoms with Gasteiger partial charge in [-0.05, 0) is 25.0 Å². The summed E-state index contributed by atoms with van der Waals surface area (Å²) in [5.74, 6) is -0.285. The maximum atomic E-state index is 13.1. The van der Waals surface area contributed by atoms with Crippen LogP contribution in [0.2, 0.25) is 0 Å². The van der Waals surface area contributed by atoms with Gasteiger partial charge in [0, 0.05) is 5.56 Å². The Morgan fingerprint density at radius 2 is 2.00 bits per heavy atom. The maximum Gasteiger partial charge on any atom is 0.131 e. The fourth-order valence-corrected chi connectivity index (χ4v) is 0.960. The zero-order valence-corrected chi connectivity index (χ0v) is 6.69. The predicted molar refractivity (Wildman–Crippen MR) is 41.8 cm³/mol. The van der Waals surface area contributed by atoms with Gasteiger partial charge in [0.2, 0.25) is 0 Å². The fourth-order valence-electron chi connectivity index (χ4n) is 0.960. The fraction of sp³-hybridized carbons (Fsp3) is 0.333. The molecule has 0 spiro atoms. The van der Waals surface area contributed by atoms with Gasteiger partial charge in [-0.25, -0.2) is 4.39 Å². The van der Waals surface area contributed by atoms with E-state index < -0.39 is 0 Å². The smallest absolute Gasteiger partial charge is 0.131 e. The van der Waals surface area contributed by atoms with E-state index in [0.717, 1.165) is 5.56 Å². The van der Waals surface area contributed by atoms with Crippen LogP contribution < -0.4 is 0 Å². The lowest BCUT2D eigenvalue weighted by Gasteiger charge is -2.04. The maximum absolute atomic E-state index is 13.1. The molecular weight excluding hydrogens is 143 g/mol. The van der Waals surface area contributed by atoms with Gasteiger partial charge in [-0.1, -0.05) is 12.1 Å². The third-order valence-electron chi connectivity index (χ3n) is 1.91. The van der Waals surface area contributed by atoms with Crippen LogP contribution in [0.5, 0.6) is 0 Å². The molecule has 0 bridgehead atoms. The summed E-state index contributed by atoms with van der Waals surface area (Å²) in [7, 11) is 0. The average Bonchev–Trinajstić information content (AvgIpc) is 2.01. The van der Waals surface area contributed by atoms with Crippen molar-refractivity contribution in [2.24, 2.45) is 0 Å². The second-order valence-electron chi connectivity index (χ2n) is 2.64. The third-order valence-corrected chi connectivity index (χ3v) is 1.91. The molecule has 0 saturated carbocycles. The van der Waals surface area contributed by atoms with Crippen molar-refractivity contribution in [1.82, 2.24) is 0 Å². The minimum atomic E-state index is -0.285. The second-order valence-corrected chi connectivity index (χ2v) is 2.64. The monoisotopic (exact) mass is 154 g/mol. The van der Waals surface area contributed by atoms with Crippen LogP contribution >= 0.6 is 0 Å². The molecule has 1 rings (SSSR count). The molecule has 2 heteroatoms. The zero-order valence-electron chi connectivity index (χ0n) is 6.69. The van der Waals surface area contributed by atoms with Crippen molar-refractivity contribution in [3.8, 4) is 0 Å². The van der Waals surface area contributed by atoms with Crippen molar-refractivity contribution < 1.29 is 9.50 Å². The first-order chi connectivity index (χ1) is 5.16. The number of benzene rings is 1. The Hall–Kier alpha value is -0.890. The molecular formula is C9H11FO. The number of hydrogen-bond acceptors (Lipinski definition) is 1. The van der Waals surface area contributed by atoms with Crippen molar-refractivity contribution in [3.05, 3.63) is 34.6 Å². The van der Waals surface area contributed by atoms with Gasteiger partial charge in [0.15, 0.2) is 0 Å². The van der Waals surface area contributed by atoms with Crippen LogP contribution in [0.3, 0.4) is 0 Å². The van der Waals surface area contributed by atoms with Crippen LogP contribution in [0.15, 0.2) is 12.1 Å². The molecule has 0 unspecified atom stereocenters. The van der Waals surface area contributed by atoms with E-state index in [4.69, 9.17) is 5.11 Å². The van der Waals surface area contributed by atoms with Crippen LogP contribution in [-0.2, 0) is 6.61 Å². The largest absolute Gasteiger partial charge is 0.392 e. The van der Waals surface area contributed by atoms with E-state index in [1.54, 1.807) is 13.0 Å². The Bertz CT molecular complexity index is 269. The minimum Gasteiger partial charge on any atom is -0.392 e. The Kier molecular flexibility index (Phi) is 2.25. The molecule has 0 radical (unpaired) electrons. The van der Waals surface area contributed by atoms with E-state index in [1.165, 1.54) is 0 Å². The third kappa shape index (κ3) is 1.40. The Balaban J connectivity index is 3.25. The molecule has 0 aliphatic heterocycles.